The third kappa shape index (κ3) is 2.92. The van der Waals surface area contributed by atoms with Crippen molar-refractivity contribution in [3.8, 4) is 0 Å². The number of nitrogens with zero attached hydrogens (tertiary/aromatic N) is 1. The van der Waals surface area contributed by atoms with Gasteiger partial charge < -0.3 is 15.0 Å². The SMILES string of the molecule is COC1(CN2CCCNCCC2)CCC1. The molecule has 0 unspecified atom stereocenters. The molecule has 2 rings (SSSR count). The van der Waals surface area contributed by atoms with Gasteiger partial charge in [-0.15, -0.1) is 0 Å². The molecule has 1 aliphatic carbocycles. The lowest BCUT2D eigenvalue weighted by molar-refractivity contribution is -0.0918. The standard InChI is InChI=1S/C12H24N2O/c1-15-12(5-2-6-12)11-14-9-3-7-13-8-4-10-14/h13H,2-11H2,1H3. The zero-order valence-electron chi connectivity index (χ0n) is 9.93. The summed E-state index contributed by atoms with van der Waals surface area (Å²) in [4.78, 5) is 2.60. The van der Waals surface area contributed by atoms with E-state index < -0.39 is 0 Å². The minimum atomic E-state index is 0.215. The molecule has 3 heteroatoms. The molecule has 0 aromatic heterocycles. The largest absolute Gasteiger partial charge is 0.377 e. The molecule has 0 radical (unpaired) electrons. The minimum absolute atomic E-state index is 0.215. The molecule has 1 N–H and O–H groups in total. The molecular formula is C12H24N2O. The lowest BCUT2D eigenvalue weighted by Gasteiger charge is -2.44. The second-order valence-corrected chi connectivity index (χ2v) is 4.97. The first-order chi connectivity index (χ1) is 7.35. The molecule has 15 heavy (non-hydrogen) atoms. The molecule has 2 aliphatic rings. The highest BCUT2D eigenvalue weighted by molar-refractivity contribution is 4.92. The van der Waals surface area contributed by atoms with E-state index in [4.69, 9.17) is 4.74 Å². The predicted molar refractivity (Wildman–Crippen MR) is 62.1 cm³/mol. The highest BCUT2D eigenvalue weighted by Gasteiger charge is 2.38. The van der Waals surface area contributed by atoms with Crippen LogP contribution in [0.15, 0.2) is 0 Å². The van der Waals surface area contributed by atoms with Gasteiger partial charge in [0.1, 0.15) is 0 Å². The van der Waals surface area contributed by atoms with Gasteiger partial charge in [0.15, 0.2) is 0 Å². The fourth-order valence-electron chi connectivity index (χ4n) is 2.66. The van der Waals surface area contributed by atoms with Crippen molar-refractivity contribution in [2.75, 3.05) is 39.8 Å². The lowest BCUT2D eigenvalue weighted by atomic mass is 9.79. The van der Waals surface area contributed by atoms with E-state index >= 15 is 0 Å². The monoisotopic (exact) mass is 212 g/mol. The van der Waals surface area contributed by atoms with Crippen LogP contribution in [0.25, 0.3) is 0 Å². The summed E-state index contributed by atoms with van der Waals surface area (Å²) in [5, 5.41) is 3.45. The van der Waals surface area contributed by atoms with E-state index in [0.29, 0.717) is 0 Å². The van der Waals surface area contributed by atoms with Crippen LogP contribution < -0.4 is 5.32 Å². The molecule has 0 atom stereocenters. The van der Waals surface area contributed by atoms with Gasteiger partial charge in [0.25, 0.3) is 0 Å². The number of ether oxygens (including phenoxy) is 1. The van der Waals surface area contributed by atoms with Gasteiger partial charge in [-0.05, 0) is 58.3 Å². The molecular weight excluding hydrogens is 188 g/mol. The average molecular weight is 212 g/mol. The Hall–Kier alpha value is -0.120. The van der Waals surface area contributed by atoms with Gasteiger partial charge in [0.2, 0.25) is 0 Å². The maximum atomic E-state index is 5.69. The van der Waals surface area contributed by atoms with Crippen LogP contribution in [0.2, 0.25) is 0 Å². The van der Waals surface area contributed by atoms with Crippen LogP contribution >= 0.6 is 0 Å². The van der Waals surface area contributed by atoms with Crippen molar-refractivity contribution in [1.82, 2.24) is 10.2 Å². The van der Waals surface area contributed by atoms with Crippen LogP contribution in [0.5, 0.6) is 0 Å². The van der Waals surface area contributed by atoms with Crippen LogP contribution in [0.4, 0.5) is 0 Å². The highest BCUT2D eigenvalue weighted by Crippen LogP contribution is 2.35. The predicted octanol–water partition coefficient (Wildman–Crippen LogP) is 1.24. The van der Waals surface area contributed by atoms with Gasteiger partial charge in [-0.1, -0.05) is 0 Å². The Morgan fingerprint density at radius 1 is 1.13 bits per heavy atom. The zero-order chi connectivity index (χ0) is 10.6. The summed E-state index contributed by atoms with van der Waals surface area (Å²) in [5.41, 5.74) is 0.215. The average Bonchev–Trinajstić information content (AvgIpc) is 2.14. The lowest BCUT2D eigenvalue weighted by Crippen LogP contribution is -2.50. The van der Waals surface area contributed by atoms with Gasteiger partial charge in [0.05, 0.1) is 5.60 Å². The van der Waals surface area contributed by atoms with Gasteiger partial charge in [0, 0.05) is 13.7 Å². The minimum Gasteiger partial charge on any atom is -0.377 e. The summed E-state index contributed by atoms with van der Waals surface area (Å²) in [6.07, 6.45) is 6.43. The van der Waals surface area contributed by atoms with Crippen molar-refractivity contribution < 1.29 is 4.74 Å². The van der Waals surface area contributed by atoms with E-state index in [9.17, 15) is 0 Å². The number of hydrogen-bond donors (Lipinski definition) is 1. The van der Waals surface area contributed by atoms with E-state index in [1.165, 1.54) is 58.3 Å². The van der Waals surface area contributed by atoms with E-state index in [-0.39, 0.29) is 5.60 Å². The fourth-order valence-corrected chi connectivity index (χ4v) is 2.66. The molecule has 88 valence electrons. The number of nitrogens with one attached hydrogen (secondary N) is 1. The molecule has 0 spiro atoms. The molecule has 1 aliphatic heterocycles. The van der Waals surface area contributed by atoms with Gasteiger partial charge >= 0.3 is 0 Å². The highest BCUT2D eigenvalue weighted by atomic mass is 16.5. The van der Waals surface area contributed by atoms with E-state index in [0.717, 1.165) is 6.54 Å². The Kier molecular flexibility index (Phi) is 4.00. The maximum absolute atomic E-state index is 5.69. The normalized spacial score (nSPS) is 27.8. The van der Waals surface area contributed by atoms with Gasteiger partial charge in [-0.3, -0.25) is 0 Å². The van der Waals surface area contributed by atoms with Crippen molar-refractivity contribution in [2.45, 2.75) is 37.7 Å². The summed E-state index contributed by atoms with van der Waals surface area (Å²) < 4.78 is 5.69. The second kappa shape index (κ2) is 5.28. The first kappa shape index (κ1) is 11.4. The molecule has 1 saturated carbocycles. The van der Waals surface area contributed by atoms with E-state index in [1.54, 1.807) is 0 Å². The number of methoxy groups -OCH3 is 1. The van der Waals surface area contributed by atoms with Gasteiger partial charge in [-0.2, -0.15) is 0 Å². The first-order valence-corrected chi connectivity index (χ1v) is 6.33. The number of hydrogen-bond acceptors (Lipinski definition) is 3. The molecule has 1 heterocycles. The summed E-state index contributed by atoms with van der Waals surface area (Å²) in [6, 6.07) is 0. The summed E-state index contributed by atoms with van der Waals surface area (Å²) in [7, 11) is 1.88. The van der Waals surface area contributed by atoms with Crippen LogP contribution in [0.3, 0.4) is 0 Å². The molecule has 0 amide bonds. The zero-order valence-corrected chi connectivity index (χ0v) is 9.93. The molecule has 0 bridgehead atoms. The summed E-state index contributed by atoms with van der Waals surface area (Å²) >= 11 is 0. The van der Waals surface area contributed by atoms with Crippen molar-refractivity contribution in [1.29, 1.82) is 0 Å². The molecule has 2 fully saturated rings. The summed E-state index contributed by atoms with van der Waals surface area (Å²) in [6.45, 7) is 5.98. The molecule has 3 nitrogen and oxygen atoms in total. The fraction of sp³-hybridized carbons (Fsp3) is 1.00. The number of rotatable bonds is 3. The second-order valence-electron chi connectivity index (χ2n) is 4.97. The molecule has 0 aromatic rings. The Morgan fingerprint density at radius 3 is 2.27 bits per heavy atom. The third-order valence-electron chi connectivity index (χ3n) is 3.87. The first-order valence-electron chi connectivity index (χ1n) is 6.33. The van der Waals surface area contributed by atoms with E-state index in [1.807, 2.05) is 7.11 Å². The smallest absolute Gasteiger partial charge is 0.0805 e. The van der Waals surface area contributed by atoms with Crippen molar-refractivity contribution >= 4 is 0 Å². The van der Waals surface area contributed by atoms with Crippen molar-refractivity contribution in [3.05, 3.63) is 0 Å². The van der Waals surface area contributed by atoms with Crippen molar-refractivity contribution in [3.63, 3.8) is 0 Å². The third-order valence-corrected chi connectivity index (χ3v) is 3.87. The van der Waals surface area contributed by atoms with Crippen LogP contribution in [-0.4, -0.2) is 50.3 Å². The Balaban J connectivity index is 1.80. The van der Waals surface area contributed by atoms with Gasteiger partial charge in [-0.25, -0.2) is 0 Å². The van der Waals surface area contributed by atoms with Crippen LogP contribution in [0, 0.1) is 0 Å². The molecule has 0 aromatic carbocycles. The maximum Gasteiger partial charge on any atom is 0.0805 e. The quantitative estimate of drug-likeness (QED) is 0.762. The van der Waals surface area contributed by atoms with E-state index in [2.05, 4.69) is 10.2 Å². The Labute approximate surface area is 93.2 Å². The molecule has 1 saturated heterocycles. The van der Waals surface area contributed by atoms with Crippen molar-refractivity contribution in [2.24, 2.45) is 0 Å². The Morgan fingerprint density at radius 2 is 1.80 bits per heavy atom. The van der Waals surface area contributed by atoms with Crippen LogP contribution in [-0.2, 0) is 4.74 Å². The van der Waals surface area contributed by atoms with Crippen LogP contribution in [0.1, 0.15) is 32.1 Å². The topological polar surface area (TPSA) is 24.5 Å². The Bertz CT molecular complexity index is 179. The summed E-state index contributed by atoms with van der Waals surface area (Å²) in [5.74, 6) is 0.